The number of ether oxygens (including phenoxy) is 4. The number of unbranched alkanes of at least 4 members (excludes halogenated alkanes) is 51. The fourth-order valence-electron chi connectivity index (χ4n) is 12.7. The fraction of sp³-hybridized carbons (Fsp3) is 0.951. The summed E-state index contributed by atoms with van der Waals surface area (Å²) in [5, 5.41) is 10.7. The summed E-state index contributed by atoms with van der Waals surface area (Å²) in [5.41, 5.74) is 0. The molecular formula is C82H160O17P2. The van der Waals surface area contributed by atoms with Crippen LogP contribution in [0.1, 0.15) is 433 Å². The van der Waals surface area contributed by atoms with Crippen LogP contribution in [0.15, 0.2) is 0 Å². The number of aliphatic hydroxyl groups is 1. The molecular weight excluding hydrogens is 1320 g/mol. The van der Waals surface area contributed by atoms with E-state index in [2.05, 4.69) is 41.5 Å². The number of esters is 4. The number of hydrogen-bond acceptors (Lipinski definition) is 15. The second-order valence-corrected chi connectivity index (χ2v) is 33.4. The number of phosphoric ester groups is 2. The zero-order valence-corrected chi connectivity index (χ0v) is 68.0. The Morgan fingerprint density at radius 1 is 0.267 bits per heavy atom. The molecule has 600 valence electrons. The van der Waals surface area contributed by atoms with Gasteiger partial charge in [-0.1, -0.05) is 382 Å². The minimum Gasteiger partial charge on any atom is -0.462 e. The molecule has 101 heavy (non-hydrogen) atoms. The molecule has 0 aromatic carbocycles. The van der Waals surface area contributed by atoms with Crippen molar-refractivity contribution in [3.63, 3.8) is 0 Å². The van der Waals surface area contributed by atoms with Gasteiger partial charge in [0, 0.05) is 25.7 Å². The highest BCUT2D eigenvalue weighted by Crippen LogP contribution is 2.45. The average molecular weight is 1480 g/mol. The number of rotatable bonds is 81. The van der Waals surface area contributed by atoms with Crippen LogP contribution in [-0.4, -0.2) is 96.7 Å². The molecule has 0 aliphatic heterocycles. The van der Waals surface area contributed by atoms with E-state index >= 15 is 0 Å². The van der Waals surface area contributed by atoms with E-state index in [1.54, 1.807) is 0 Å². The Kier molecular flexibility index (Phi) is 72.2. The summed E-state index contributed by atoms with van der Waals surface area (Å²) >= 11 is 0. The van der Waals surface area contributed by atoms with Gasteiger partial charge in [0.15, 0.2) is 12.2 Å². The van der Waals surface area contributed by atoms with Crippen molar-refractivity contribution in [1.29, 1.82) is 0 Å². The van der Waals surface area contributed by atoms with Crippen molar-refractivity contribution in [3.05, 3.63) is 0 Å². The summed E-state index contributed by atoms with van der Waals surface area (Å²) in [6.07, 6.45) is 63.6. The molecule has 0 aliphatic carbocycles. The first kappa shape index (κ1) is 99.1. The van der Waals surface area contributed by atoms with Crippen molar-refractivity contribution < 1.29 is 80.2 Å². The largest absolute Gasteiger partial charge is 0.472 e. The minimum atomic E-state index is -4.96. The molecule has 0 saturated carbocycles. The van der Waals surface area contributed by atoms with Gasteiger partial charge in [0.05, 0.1) is 26.4 Å². The SMILES string of the molecule is CCCCCCCCCCCCCCCCCC(=O)O[C@H](COC(=O)CCCCCCCCCCCCCC)COP(=O)(O)OC[C@H](O)COP(=O)(O)OC[C@@H](COC(=O)CCCCCCCCCCCCCCCC(C)C)OC(=O)CCCCCCCCCCCCCCCCCC(C)C. The Labute approximate surface area is 619 Å². The van der Waals surface area contributed by atoms with Gasteiger partial charge in [-0.05, 0) is 37.5 Å². The molecule has 0 aliphatic rings. The van der Waals surface area contributed by atoms with Gasteiger partial charge in [0.25, 0.3) is 0 Å². The lowest BCUT2D eigenvalue weighted by Gasteiger charge is -2.21. The van der Waals surface area contributed by atoms with Crippen LogP contribution >= 0.6 is 15.6 Å². The lowest BCUT2D eigenvalue weighted by Crippen LogP contribution is -2.30. The maximum Gasteiger partial charge on any atom is 0.472 e. The van der Waals surface area contributed by atoms with Crippen molar-refractivity contribution in [2.45, 2.75) is 452 Å². The predicted molar refractivity (Wildman–Crippen MR) is 414 cm³/mol. The van der Waals surface area contributed by atoms with Gasteiger partial charge >= 0.3 is 39.5 Å². The molecule has 0 aromatic rings. The van der Waals surface area contributed by atoms with E-state index in [-0.39, 0.29) is 25.7 Å². The Bertz CT molecular complexity index is 1940. The third-order valence-electron chi connectivity index (χ3n) is 19.2. The highest BCUT2D eigenvalue weighted by atomic mass is 31.2. The summed E-state index contributed by atoms with van der Waals surface area (Å²) in [7, 11) is -9.92. The van der Waals surface area contributed by atoms with Gasteiger partial charge < -0.3 is 33.8 Å². The molecule has 0 fully saturated rings. The monoisotopic (exact) mass is 1480 g/mol. The summed E-state index contributed by atoms with van der Waals surface area (Å²) in [6, 6.07) is 0. The minimum absolute atomic E-state index is 0.108. The van der Waals surface area contributed by atoms with E-state index in [1.165, 1.54) is 250 Å². The molecule has 0 spiro atoms. The number of carbonyl (C=O) groups is 4. The fourth-order valence-corrected chi connectivity index (χ4v) is 14.3. The van der Waals surface area contributed by atoms with Crippen LogP contribution in [0.25, 0.3) is 0 Å². The molecule has 17 nitrogen and oxygen atoms in total. The van der Waals surface area contributed by atoms with E-state index in [1.807, 2.05) is 0 Å². The Balaban J connectivity index is 5.26. The van der Waals surface area contributed by atoms with Crippen LogP contribution in [-0.2, 0) is 65.4 Å². The van der Waals surface area contributed by atoms with Gasteiger partial charge in [-0.3, -0.25) is 37.3 Å². The lowest BCUT2D eigenvalue weighted by atomic mass is 10.0. The third kappa shape index (κ3) is 76.1. The molecule has 2 unspecified atom stereocenters. The van der Waals surface area contributed by atoms with E-state index < -0.39 is 97.5 Å². The molecule has 0 saturated heterocycles. The van der Waals surface area contributed by atoms with E-state index in [0.29, 0.717) is 25.7 Å². The molecule has 0 amide bonds. The maximum absolute atomic E-state index is 13.1. The van der Waals surface area contributed by atoms with Crippen molar-refractivity contribution in [2.75, 3.05) is 39.6 Å². The second-order valence-electron chi connectivity index (χ2n) is 30.5. The first-order chi connectivity index (χ1) is 48.9. The summed E-state index contributed by atoms with van der Waals surface area (Å²) < 4.78 is 68.8. The Morgan fingerprint density at radius 3 is 0.673 bits per heavy atom. The summed E-state index contributed by atoms with van der Waals surface area (Å²) in [5.74, 6) is -0.510. The quantitative estimate of drug-likeness (QED) is 0.0222. The van der Waals surface area contributed by atoms with Crippen molar-refractivity contribution in [3.8, 4) is 0 Å². The number of carbonyl (C=O) groups excluding carboxylic acids is 4. The van der Waals surface area contributed by atoms with Crippen LogP contribution in [0.5, 0.6) is 0 Å². The van der Waals surface area contributed by atoms with Crippen LogP contribution < -0.4 is 0 Å². The number of aliphatic hydroxyl groups excluding tert-OH is 1. The molecule has 0 radical (unpaired) electrons. The normalized spacial score (nSPS) is 13.9. The third-order valence-corrected chi connectivity index (χ3v) is 21.1. The van der Waals surface area contributed by atoms with Gasteiger partial charge in [-0.2, -0.15) is 0 Å². The van der Waals surface area contributed by atoms with Crippen LogP contribution in [0.3, 0.4) is 0 Å². The van der Waals surface area contributed by atoms with Crippen LogP contribution in [0.4, 0.5) is 0 Å². The first-order valence-corrected chi connectivity index (χ1v) is 45.5. The molecule has 5 atom stereocenters. The zero-order valence-electron chi connectivity index (χ0n) is 66.2. The summed E-state index contributed by atoms with van der Waals surface area (Å²) in [4.78, 5) is 73.1. The number of phosphoric acid groups is 2. The van der Waals surface area contributed by atoms with Gasteiger partial charge in [-0.15, -0.1) is 0 Å². The van der Waals surface area contributed by atoms with Crippen molar-refractivity contribution in [1.82, 2.24) is 0 Å². The molecule has 0 heterocycles. The summed E-state index contributed by atoms with van der Waals surface area (Å²) in [6.45, 7) is 9.70. The van der Waals surface area contributed by atoms with Gasteiger partial charge in [0.1, 0.15) is 19.3 Å². The van der Waals surface area contributed by atoms with Crippen LogP contribution in [0, 0.1) is 11.8 Å². The van der Waals surface area contributed by atoms with Crippen molar-refractivity contribution in [2.24, 2.45) is 11.8 Å². The molecule has 3 N–H and O–H groups in total. The van der Waals surface area contributed by atoms with Crippen LogP contribution in [0.2, 0.25) is 0 Å². The van der Waals surface area contributed by atoms with E-state index in [9.17, 15) is 43.2 Å². The van der Waals surface area contributed by atoms with Crippen molar-refractivity contribution >= 4 is 39.5 Å². The Morgan fingerprint density at radius 2 is 0.455 bits per heavy atom. The molecule has 0 rings (SSSR count). The molecule has 0 bridgehead atoms. The van der Waals surface area contributed by atoms with Gasteiger partial charge in [-0.25, -0.2) is 9.13 Å². The first-order valence-electron chi connectivity index (χ1n) is 42.5. The number of hydrogen-bond donors (Lipinski definition) is 3. The lowest BCUT2D eigenvalue weighted by molar-refractivity contribution is -0.161. The van der Waals surface area contributed by atoms with E-state index in [4.69, 9.17) is 37.0 Å². The smallest absolute Gasteiger partial charge is 0.462 e. The second kappa shape index (κ2) is 73.6. The zero-order chi connectivity index (χ0) is 74.2. The topological polar surface area (TPSA) is 237 Å². The standard InChI is InChI=1S/C82H160O17P2/c1-7-9-11-13-15-17-19-21-23-29-36-42-48-54-60-66-81(86)98-77(70-92-79(84)64-58-52-46-40-34-20-18-16-14-12-10-8-2)72-96-100(88,89)94-68-76(83)69-95-101(90,91)97-73-78(71-93-80(85)65-59-53-47-41-35-31-26-28-33-39-45-51-57-63-75(5)6)99-82(87)67-61-55-49-43-37-30-25-22-24-27-32-38-44-50-56-62-74(3)4/h74-78,83H,7-73H2,1-6H3,(H,88,89)(H,90,91)/t76-,77+,78+/m0/s1. The predicted octanol–water partition coefficient (Wildman–Crippen LogP) is 24.7. The highest BCUT2D eigenvalue weighted by molar-refractivity contribution is 7.47. The highest BCUT2D eigenvalue weighted by Gasteiger charge is 2.30. The Hall–Kier alpha value is -1.94. The molecule has 19 heteroatoms. The maximum atomic E-state index is 13.1. The van der Waals surface area contributed by atoms with E-state index in [0.717, 1.165) is 102 Å². The molecule has 0 aromatic heterocycles. The van der Waals surface area contributed by atoms with Gasteiger partial charge in [0.2, 0.25) is 0 Å². The average Bonchev–Trinajstić information content (AvgIpc) is 1.55.